The standard InChI is InChI=1S/C16H21N3O2/c1-16(2,12-20)18-15(21)9-8-13-10-17-19(11-13)14-6-4-3-5-7-14/h3-7,10-11,20H,8-9,12H2,1-2H3,(H,18,21). The lowest BCUT2D eigenvalue weighted by Crippen LogP contribution is -2.46. The molecule has 0 radical (unpaired) electrons. The van der Waals surface area contributed by atoms with E-state index in [0.717, 1.165) is 11.3 Å². The van der Waals surface area contributed by atoms with Crippen molar-refractivity contribution < 1.29 is 9.90 Å². The van der Waals surface area contributed by atoms with Crippen molar-refractivity contribution >= 4 is 5.91 Å². The van der Waals surface area contributed by atoms with Crippen molar-refractivity contribution in [3.8, 4) is 5.69 Å². The minimum absolute atomic E-state index is 0.0680. The quantitative estimate of drug-likeness (QED) is 0.849. The van der Waals surface area contributed by atoms with Gasteiger partial charge in [-0.3, -0.25) is 4.79 Å². The molecule has 1 heterocycles. The zero-order chi connectivity index (χ0) is 15.3. The molecule has 1 aromatic carbocycles. The molecule has 2 N–H and O–H groups in total. The van der Waals surface area contributed by atoms with E-state index in [4.69, 9.17) is 5.11 Å². The average molecular weight is 287 g/mol. The van der Waals surface area contributed by atoms with E-state index in [0.29, 0.717) is 12.8 Å². The largest absolute Gasteiger partial charge is 0.394 e. The smallest absolute Gasteiger partial charge is 0.220 e. The Balaban J connectivity index is 1.90. The van der Waals surface area contributed by atoms with Crippen LogP contribution in [0.4, 0.5) is 0 Å². The Morgan fingerprint density at radius 2 is 2.05 bits per heavy atom. The number of nitrogens with zero attached hydrogens (tertiary/aromatic N) is 2. The molecule has 0 fully saturated rings. The number of carbonyl (C=O) groups excluding carboxylic acids is 1. The van der Waals surface area contributed by atoms with Gasteiger partial charge in [0.1, 0.15) is 0 Å². The lowest BCUT2D eigenvalue weighted by atomic mass is 10.1. The molecule has 2 rings (SSSR count). The maximum atomic E-state index is 11.8. The van der Waals surface area contributed by atoms with Gasteiger partial charge in [-0.05, 0) is 38.0 Å². The number of aliphatic hydroxyl groups excluding tert-OH is 1. The van der Waals surface area contributed by atoms with Crippen molar-refractivity contribution in [2.45, 2.75) is 32.2 Å². The van der Waals surface area contributed by atoms with Crippen molar-refractivity contribution in [2.24, 2.45) is 0 Å². The minimum atomic E-state index is -0.578. The van der Waals surface area contributed by atoms with Crippen LogP contribution in [0.15, 0.2) is 42.7 Å². The van der Waals surface area contributed by atoms with Crippen LogP contribution in [-0.4, -0.2) is 32.9 Å². The van der Waals surface area contributed by atoms with Gasteiger partial charge in [0.05, 0.1) is 24.0 Å². The summed E-state index contributed by atoms with van der Waals surface area (Å²) in [7, 11) is 0. The summed E-state index contributed by atoms with van der Waals surface area (Å²) >= 11 is 0. The van der Waals surface area contributed by atoms with Crippen LogP contribution in [0.2, 0.25) is 0 Å². The molecular weight excluding hydrogens is 266 g/mol. The highest BCUT2D eigenvalue weighted by Crippen LogP contribution is 2.09. The summed E-state index contributed by atoms with van der Waals surface area (Å²) in [6.07, 6.45) is 4.71. The summed E-state index contributed by atoms with van der Waals surface area (Å²) in [6.45, 7) is 3.50. The maximum absolute atomic E-state index is 11.8. The number of aryl methyl sites for hydroxylation is 1. The number of nitrogens with one attached hydrogen (secondary N) is 1. The summed E-state index contributed by atoms with van der Waals surface area (Å²) in [5.74, 6) is -0.0680. The number of rotatable bonds is 6. The Kier molecular flexibility index (Phi) is 4.75. The second-order valence-electron chi connectivity index (χ2n) is 5.72. The van der Waals surface area contributed by atoms with Gasteiger partial charge in [-0.25, -0.2) is 4.68 Å². The van der Waals surface area contributed by atoms with E-state index < -0.39 is 5.54 Å². The molecule has 0 atom stereocenters. The van der Waals surface area contributed by atoms with Crippen LogP contribution < -0.4 is 5.32 Å². The van der Waals surface area contributed by atoms with Crippen LogP contribution in [0, 0.1) is 0 Å². The van der Waals surface area contributed by atoms with Gasteiger partial charge in [0.25, 0.3) is 0 Å². The highest BCUT2D eigenvalue weighted by atomic mass is 16.3. The molecule has 21 heavy (non-hydrogen) atoms. The minimum Gasteiger partial charge on any atom is -0.394 e. The van der Waals surface area contributed by atoms with Crippen molar-refractivity contribution in [3.63, 3.8) is 0 Å². The van der Waals surface area contributed by atoms with Crippen LogP contribution in [-0.2, 0) is 11.2 Å². The average Bonchev–Trinajstić information content (AvgIpc) is 2.95. The van der Waals surface area contributed by atoms with Gasteiger partial charge in [-0.1, -0.05) is 18.2 Å². The molecule has 0 aliphatic carbocycles. The lowest BCUT2D eigenvalue weighted by Gasteiger charge is -2.23. The van der Waals surface area contributed by atoms with Crippen LogP contribution >= 0.6 is 0 Å². The molecule has 5 nitrogen and oxygen atoms in total. The number of aromatic nitrogens is 2. The van der Waals surface area contributed by atoms with Crippen LogP contribution in [0.3, 0.4) is 0 Å². The molecule has 0 aliphatic heterocycles. The van der Waals surface area contributed by atoms with Gasteiger partial charge in [-0.2, -0.15) is 5.10 Å². The Hall–Kier alpha value is -2.14. The third-order valence-electron chi connectivity index (χ3n) is 3.17. The fourth-order valence-electron chi connectivity index (χ4n) is 1.95. The summed E-state index contributed by atoms with van der Waals surface area (Å²) in [4.78, 5) is 11.8. The molecule has 0 bridgehead atoms. The van der Waals surface area contributed by atoms with Crippen LogP contribution in [0.5, 0.6) is 0 Å². The normalized spacial score (nSPS) is 11.4. The fraction of sp³-hybridized carbons (Fsp3) is 0.375. The molecule has 0 saturated carbocycles. The first-order chi connectivity index (χ1) is 10.00. The van der Waals surface area contributed by atoms with Crippen molar-refractivity contribution in [2.75, 3.05) is 6.61 Å². The predicted octanol–water partition coefficient (Wildman–Crippen LogP) is 1.69. The van der Waals surface area contributed by atoms with E-state index in [1.165, 1.54) is 0 Å². The molecule has 0 unspecified atom stereocenters. The van der Waals surface area contributed by atoms with E-state index in [9.17, 15) is 4.79 Å². The van der Waals surface area contributed by atoms with Gasteiger partial charge in [0.15, 0.2) is 0 Å². The Morgan fingerprint density at radius 1 is 1.33 bits per heavy atom. The van der Waals surface area contributed by atoms with Gasteiger partial charge in [0.2, 0.25) is 5.91 Å². The first-order valence-electron chi connectivity index (χ1n) is 7.01. The number of benzene rings is 1. The zero-order valence-electron chi connectivity index (χ0n) is 12.4. The van der Waals surface area contributed by atoms with E-state index in [1.54, 1.807) is 24.7 Å². The number of para-hydroxylation sites is 1. The van der Waals surface area contributed by atoms with Gasteiger partial charge < -0.3 is 10.4 Å². The van der Waals surface area contributed by atoms with Gasteiger partial charge in [-0.15, -0.1) is 0 Å². The third kappa shape index (κ3) is 4.43. The highest BCUT2D eigenvalue weighted by Gasteiger charge is 2.18. The third-order valence-corrected chi connectivity index (χ3v) is 3.17. The molecule has 0 aliphatic rings. The second-order valence-corrected chi connectivity index (χ2v) is 5.72. The fourth-order valence-corrected chi connectivity index (χ4v) is 1.95. The summed E-state index contributed by atoms with van der Waals surface area (Å²) in [5.41, 5.74) is 1.43. The lowest BCUT2D eigenvalue weighted by molar-refractivity contribution is -0.123. The second kappa shape index (κ2) is 6.54. The van der Waals surface area contributed by atoms with Crippen molar-refractivity contribution in [1.82, 2.24) is 15.1 Å². The number of carbonyl (C=O) groups is 1. The molecule has 5 heteroatoms. The molecule has 1 amide bonds. The highest BCUT2D eigenvalue weighted by molar-refractivity contribution is 5.76. The molecule has 0 saturated heterocycles. The summed E-state index contributed by atoms with van der Waals surface area (Å²) < 4.78 is 1.80. The Bertz CT molecular complexity index is 591. The van der Waals surface area contributed by atoms with E-state index >= 15 is 0 Å². The number of hydrogen-bond acceptors (Lipinski definition) is 3. The van der Waals surface area contributed by atoms with Gasteiger partial charge >= 0.3 is 0 Å². The topological polar surface area (TPSA) is 67.2 Å². The first kappa shape index (κ1) is 15.3. The SMILES string of the molecule is CC(C)(CO)NC(=O)CCc1cnn(-c2ccccc2)c1. The van der Waals surface area contributed by atoms with Crippen LogP contribution in [0.25, 0.3) is 5.69 Å². The molecule has 2 aromatic rings. The maximum Gasteiger partial charge on any atom is 0.220 e. The summed E-state index contributed by atoms with van der Waals surface area (Å²) in [5, 5.41) is 16.2. The predicted molar refractivity (Wildman–Crippen MR) is 81.2 cm³/mol. The molecule has 0 spiro atoms. The Labute approximate surface area is 124 Å². The van der Waals surface area contributed by atoms with Crippen LogP contribution in [0.1, 0.15) is 25.8 Å². The first-order valence-corrected chi connectivity index (χ1v) is 7.01. The number of aliphatic hydroxyl groups is 1. The molecular formula is C16H21N3O2. The summed E-state index contributed by atoms with van der Waals surface area (Å²) in [6, 6.07) is 9.84. The molecule has 112 valence electrons. The van der Waals surface area contributed by atoms with E-state index in [2.05, 4.69) is 10.4 Å². The van der Waals surface area contributed by atoms with Crippen molar-refractivity contribution in [3.05, 3.63) is 48.3 Å². The molecule has 1 aromatic heterocycles. The Morgan fingerprint density at radius 3 is 2.71 bits per heavy atom. The van der Waals surface area contributed by atoms with E-state index in [-0.39, 0.29) is 12.5 Å². The van der Waals surface area contributed by atoms with Gasteiger partial charge in [0, 0.05) is 12.6 Å². The number of hydrogen-bond donors (Lipinski definition) is 2. The monoisotopic (exact) mass is 287 g/mol. The zero-order valence-corrected chi connectivity index (χ0v) is 12.4. The van der Waals surface area contributed by atoms with E-state index in [1.807, 2.05) is 36.5 Å². The number of amides is 1. The van der Waals surface area contributed by atoms with Crippen molar-refractivity contribution in [1.29, 1.82) is 0 Å².